The van der Waals surface area contributed by atoms with E-state index in [1.807, 2.05) is 0 Å². The van der Waals surface area contributed by atoms with E-state index in [-0.39, 0.29) is 17.3 Å². The van der Waals surface area contributed by atoms with Crippen molar-refractivity contribution in [3.05, 3.63) is 51.3 Å². The van der Waals surface area contributed by atoms with Crippen molar-refractivity contribution in [2.24, 2.45) is 0 Å². The van der Waals surface area contributed by atoms with Gasteiger partial charge in [0.15, 0.2) is 11.6 Å². The summed E-state index contributed by atoms with van der Waals surface area (Å²) in [4.78, 5) is 28.2. The molecule has 5 nitrogen and oxygen atoms in total. The zero-order chi connectivity index (χ0) is 19.8. The Morgan fingerprint density at radius 3 is 2.25 bits per heavy atom. The van der Waals surface area contributed by atoms with Gasteiger partial charge >= 0.3 is 0 Å². The summed E-state index contributed by atoms with van der Waals surface area (Å²) in [5.74, 6) is -0.366. The Hall–Kier alpha value is -2.11. The SMILES string of the molecule is COCCN1C2=C(C(=O)CCC2)C(c2cc(Cl)ccc2O)C2=C1CCCC2=O. The van der Waals surface area contributed by atoms with Crippen LogP contribution in [-0.4, -0.2) is 41.8 Å². The van der Waals surface area contributed by atoms with Gasteiger partial charge in [0.1, 0.15) is 5.75 Å². The Kier molecular flexibility index (Phi) is 5.30. The van der Waals surface area contributed by atoms with E-state index in [0.717, 1.165) is 37.1 Å². The van der Waals surface area contributed by atoms with E-state index in [1.54, 1.807) is 19.2 Å². The first-order valence-electron chi connectivity index (χ1n) is 9.80. The lowest BCUT2D eigenvalue weighted by Gasteiger charge is -2.44. The Morgan fingerprint density at radius 1 is 1.07 bits per heavy atom. The summed E-state index contributed by atoms with van der Waals surface area (Å²) in [6.45, 7) is 1.13. The van der Waals surface area contributed by atoms with E-state index in [2.05, 4.69) is 4.90 Å². The van der Waals surface area contributed by atoms with Crippen molar-refractivity contribution in [1.82, 2.24) is 4.90 Å². The molecule has 3 aliphatic rings. The molecule has 6 heteroatoms. The minimum Gasteiger partial charge on any atom is -0.508 e. The summed E-state index contributed by atoms with van der Waals surface area (Å²) >= 11 is 6.22. The van der Waals surface area contributed by atoms with E-state index < -0.39 is 5.92 Å². The molecule has 0 spiro atoms. The number of Topliss-reactive ketones (excluding diaryl/α,β-unsaturated/α-hetero) is 2. The molecule has 1 aromatic rings. The topological polar surface area (TPSA) is 66.8 Å². The fraction of sp³-hybridized carbons (Fsp3) is 0.455. The number of allylic oxidation sites excluding steroid dienone is 4. The number of carbonyl (C=O) groups excluding carboxylic acids is 2. The van der Waals surface area contributed by atoms with Crippen LogP contribution in [0.1, 0.15) is 50.0 Å². The zero-order valence-electron chi connectivity index (χ0n) is 16.0. The number of aromatic hydroxyl groups is 1. The van der Waals surface area contributed by atoms with E-state index in [4.69, 9.17) is 16.3 Å². The number of methoxy groups -OCH3 is 1. The van der Waals surface area contributed by atoms with Gasteiger partial charge in [-0.3, -0.25) is 9.59 Å². The monoisotopic (exact) mass is 401 g/mol. The van der Waals surface area contributed by atoms with Crippen LogP contribution in [0, 0.1) is 0 Å². The average molecular weight is 402 g/mol. The van der Waals surface area contributed by atoms with Gasteiger partial charge < -0.3 is 14.7 Å². The minimum absolute atomic E-state index is 0.0537. The molecule has 0 amide bonds. The molecule has 1 aliphatic heterocycles. The normalized spacial score (nSPS) is 20.6. The number of halogens is 1. The predicted molar refractivity (Wildman–Crippen MR) is 106 cm³/mol. The van der Waals surface area contributed by atoms with Crippen LogP contribution in [0.4, 0.5) is 0 Å². The lowest BCUT2D eigenvalue weighted by molar-refractivity contribution is -0.117. The number of ketones is 2. The Morgan fingerprint density at radius 2 is 1.68 bits per heavy atom. The third-order valence-corrected chi connectivity index (χ3v) is 6.14. The van der Waals surface area contributed by atoms with Gasteiger partial charge in [-0.1, -0.05) is 11.6 Å². The highest BCUT2D eigenvalue weighted by Gasteiger charge is 2.43. The van der Waals surface area contributed by atoms with Crippen molar-refractivity contribution in [2.45, 2.75) is 44.4 Å². The summed E-state index contributed by atoms with van der Waals surface area (Å²) in [6.07, 6.45) is 4.09. The minimum atomic E-state index is -0.539. The second kappa shape index (κ2) is 7.72. The summed E-state index contributed by atoms with van der Waals surface area (Å²) in [7, 11) is 1.65. The standard InChI is InChI=1S/C22H24ClNO4/c1-28-11-10-24-15-4-2-6-18(26)21(15)20(14-12-13(23)8-9-17(14)25)22-16(24)5-3-7-19(22)27/h8-9,12,20,25H,2-7,10-11H2,1H3. The highest BCUT2D eigenvalue weighted by atomic mass is 35.5. The van der Waals surface area contributed by atoms with E-state index in [1.165, 1.54) is 6.07 Å². The number of hydrogen-bond acceptors (Lipinski definition) is 5. The second-order valence-electron chi connectivity index (χ2n) is 7.55. The van der Waals surface area contributed by atoms with E-state index >= 15 is 0 Å². The molecule has 1 aromatic carbocycles. The van der Waals surface area contributed by atoms with Gasteiger partial charge in [-0.25, -0.2) is 0 Å². The molecule has 0 saturated carbocycles. The molecular weight excluding hydrogens is 378 g/mol. The first-order valence-corrected chi connectivity index (χ1v) is 10.2. The smallest absolute Gasteiger partial charge is 0.161 e. The first-order chi connectivity index (χ1) is 13.5. The van der Waals surface area contributed by atoms with Crippen LogP contribution in [0.2, 0.25) is 5.02 Å². The maximum Gasteiger partial charge on any atom is 0.161 e. The number of nitrogens with zero attached hydrogens (tertiary/aromatic N) is 1. The van der Waals surface area contributed by atoms with Crippen LogP contribution in [0.5, 0.6) is 5.75 Å². The summed E-state index contributed by atoms with van der Waals surface area (Å²) < 4.78 is 5.29. The number of phenols is 1. The predicted octanol–water partition coefficient (Wildman–Crippen LogP) is 4.11. The van der Waals surface area contributed by atoms with E-state index in [0.29, 0.717) is 47.7 Å². The lowest BCUT2D eigenvalue weighted by atomic mass is 9.70. The maximum atomic E-state index is 13.0. The number of rotatable bonds is 4. The third-order valence-electron chi connectivity index (χ3n) is 5.91. The second-order valence-corrected chi connectivity index (χ2v) is 7.99. The van der Waals surface area contributed by atoms with Gasteiger partial charge in [-0.2, -0.15) is 0 Å². The molecule has 1 heterocycles. The van der Waals surface area contributed by atoms with Crippen LogP contribution in [0.15, 0.2) is 40.7 Å². The molecule has 0 radical (unpaired) electrons. The molecule has 4 rings (SSSR count). The molecule has 0 aromatic heterocycles. The fourth-order valence-electron chi connectivity index (χ4n) is 4.74. The molecule has 28 heavy (non-hydrogen) atoms. The van der Waals surface area contributed by atoms with Crippen molar-refractivity contribution >= 4 is 23.2 Å². The van der Waals surface area contributed by atoms with Crippen LogP contribution >= 0.6 is 11.6 Å². The van der Waals surface area contributed by atoms with Crippen LogP contribution in [0.3, 0.4) is 0 Å². The molecular formula is C22H24ClNO4. The molecule has 0 atom stereocenters. The van der Waals surface area contributed by atoms with Gasteiger partial charge in [-0.15, -0.1) is 0 Å². The number of ether oxygens (including phenoxy) is 1. The summed E-state index contributed by atoms with van der Waals surface area (Å²) in [5.41, 5.74) is 3.80. The summed E-state index contributed by atoms with van der Waals surface area (Å²) in [5, 5.41) is 11.1. The fourth-order valence-corrected chi connectivity index (χ4v) is 4.92. The Balaban J connectivity index is 1.96. The quantitative estimate of drug-likeness (QED) is 0.822. The molecule has 0 unspecified atom stereocenters. The van der Waals surface area contributed by atoms with Gasteiger partial charge in [0, 0.05) is 65.5 Å². The molecule has 0 saturated heterocycles. The summed E-state index contributed by atoms with van der Waals surface area (Å²) in [6, 6.07) is 4.84. The van der Waals surface area contributed by atoms with Gasteiger partial charge in [0.2, 0.25) is 0 Å². The average Bonchev–Trinajstić information content (AvgIpc) is 2.68. The number of benzene rings is 1. The van der Waals surface area contributed by atoms with Crippen LogP contribution in [-0.2, 0) is 14.3 Å². The van der Waals surface area contributed by atoms with Crippen LogP contribution in [0.25, 0.3) is 0 Å². The van der Waals surface area contributed by atoms with Gasteiger partial charge in [-0.05, 0) is 43.9 Å². The van der Waals surface area contributed by atoms with Crippen molar-refractivity contribution in [2.75, 3.05) is 20.3 Å². The third kappa shape index (κ3) is 3.16. The molecule has 1 N–H and O–H groups in total. The molecule has 2 aliphatic carbocycles. The molecule has 0 fully saturated rings. The maximum absolute atomic E-state index is 13.0. The van der Waals surface area contributed by atoms with Gasteiger partial charge in [0.05, 0.1) is 6.61 Å². The highest BCUT2D eigenvalue weighted by Crippen LogP contribution is 2.50. The largest absolute Gasteiger partial charge is 0.508 e. The van der Waals surface area contributed by atoms with Crippen molar-refractivity contribution in [1.29, 1.82) is 0 Å². The first kappa shape index (κ1) is 19.2. The lowest BCUT2D eigenvalue weighted by Crippen LogP contribution is -2.40. The highest BCUT2D eigenvalue weighted by molar-refractivity contribution is 6.30. The number of hydrogen-bond donors (Lipinski definition) is 1. The zero-order valence-corrected chi connectivity index (χ0v) is 16.7. The Labute approximate surface area is 169 Å². The van der Waals surface area contributed by atoms with Crippen LogP contribution < -0.4 is 0 Å². The van der Waals surface area contributed by atoms with Crippen molar-refractivity contribution in [3.8, 4) is 5.75 Å². The number of phenolic OH excluding ortho intramolecular Hbond substituents is 1. The number of carbonyl (C=O) groups is 2. The molecule has 0 bridgehead atoms. The molecule has 148 valence electrons. The van der Waals surface area contributed by atoms with Gasteiger partial charge in [0.25, 0.3) is 0 Å². The van der Waals surface area contributed by atoms with Crippen molar-refractivity contribution in [3.63, 3.8) is 0 Å². The van der Waals surface area contributed by atoms with Crippen molar-refractivity contribution < 1.29 is 19.4 Å². The Bertz CT molecular complexity index is 858. The van der Waals surface area contributed by atoms with E-state index in [9.17, 15) is 14.7 Å².